The van der Waals surface area contributed by atoms with Crippen molar-refractivity contribution >= 4 is 21.6 Å². The molecule has 7 heteroatoms. The third-order valence-corrected chi connectivity index (χ3v) is 5.78. The van der Waals surface area contributed by atoms with Crippen molar-refractivity contribution in [2.24, 2.45) is 0 Å². The third kappa shape index (κ3) is 4.49. The Morgan fingerprint density at radius 3 is 2.32 bits per heavy atom. The van der Waals surface area contributed by atoms with Crippen molar-refractivity contribution in [3.63, 3.8) is 0 Å². The summed E-state index contributed by atoms with van der Waals surface area (Å²) in [6.07, 6.45) is 1.24. The highest BCUT2D eigenvalue weighted by Crippen LogP contribution is 2.28. The fraction of sp³-hybridized carbons (Fsp3) is 0.222. The molecule has 3 rings (SSSR count). The second-order valence-corrected chi connectivity index (χ2v) is 9.14. The van der Waals surface area contributed by atoms with Crippen LogP contribution in [-0.2, 0) is 9.84 Å². The van der Waals surface area contributed by atoms with E-state index >= 15 is 0 Å². The molecule has 0 saturated carbocycles. The van der Waals surface area contributed by atoms with Gasteiger partial charge in [-0.05, 0) is 19.1 Å². The lowest BCUT2D eigenvalue weighted by Crippen LogP contribution is -2.06. The maximum absolute atomic E-state index is 11.4. The molecule has 25 heavy (non-hydrogen) atoms. The van der Waals surface area contributed by atoms with E-state index in [1.807, 2.05) is 66.1 Å². The molecule has 3 aromatic rings. The average Bonchev–Trinajstić information content (AvgIpc) is 2.99. The number of nitrogens with zero attached hydrogens (tertiary/aromatic N) is 3. The summed E-state index contributed by atoms with van der Waals surface area (Å²) in [6.45, 7) is 2.04. The number of hydrogen-bond donors (Lipinski definition) is 0. The molecule has 0 unspecified atom stereocenters. The SMILES string of the molecule is Cc1ccc(-n2c(SCCS(C)(=O)=O)nnc2-c2ccccc2)cc1. The molecule has 1 aromatic heterocycles. The Kier molecular flexibility index (Phi) is 5.24. The van der Waals surface area contributed by atoms with Crippen LogP contribution in [0.4, 0.5) is 0 Å². The molecule has 0 aliphatic heterocycles. The van der Waals surface area contributed by atoms with E-state index in [0.29, 0.717) is 10.9 Å². The van der Waals surface area contributed by atoms with Crippen LogP contribution in [0.5, 0.6) is 0 Å². The first-order chi connectivity index (χ1) is 11.9. The van der Waals surface area contributed by atoms with Crippen LogP contribution in [0.3, 0.4) is 0 Å². The minimum Gasteiger partial charge on any atom is -0.270 e. The lowest BCUT2D eigenvalue weighted by molar-refractivity contribution is 0.603. The fourth-order valence-electron chi connectivity index (χ4n) is 2.35. The van der Waals surface area contributed by atoms with Crippen LogP contribution < -0.4 is 0 Å². The van der Waals surface area contributed by atoms with Crippen LogP contribution in [0.2, 0.25) is 0 Å². The standard InChI is InChI=1S/C18H19N3O2S2/c1-14-8-10-16(11-9-14)21-17(15-6-4-3-5-7-15)19-20-18(21)24-12-13-25(2,22)23/h3-11H,12-13H2,1-2H3. The van der Waals surface area contributed by atoms with Gasteiger partial charge in [0.15, 0.2) is 11.0 Å². The molecular formula is C18H19N3O2S2. The molecule has 0 aliphatic carbocycles. The Hall–Kier alpha value is -2.12. The zero-order chi connectivity index (χ0) is 17.9. The molecule has 0 atom stereocenters. The van der Waals surface area contributed by atoms with Crippen LogP contribution in [0.1, 0.15) is 5.56 Å². The van der Waals surface area contributed by atoms with Crippen molar-refractivity contribution in [2.75, 3.05) is 17.8 Å². The van der Waals surface area contributed by atoms with Crippen LogP contribution in [0.15, 0.2) is 59.8 Å². The van der Waals surface area contributed by atoms with Crippen LogP contribution in [0, 0.1) is 6.92 Å². The first kappa shape index (κ1) is 17.7. The molecule has 0 bridgehead atoms. The highest BCUT2D eigenvalue weighted by atomic mass is 32.2. The number of aryl methyl sites for hydroxylation is 1. The van der Waals surface area contributed by atoms with Gasteiger partial charge < -0.3 is 0 Å². The van der Waals surface area contributed by atoms with Crippen LogP contribution >= 0.6 is 11.8 Å². The number of hydrogen-bond acceptors (Lipinski definition) is 5. The van der Waals surface area contributed by atoms with Gasteiger partial charge in [-0.25, -0.2) is 8.42 Å². The van der Waals surface area contributed by atoms with Crippen molar-refractivity contribution in [1.29, 1.82) is 0 Å². The molecule has 5 nitrogen and oxygen atoms in total. The quantitative estimate of drug-likeness (QED) is 0.620. The zero-order valence-corrected chi connectivity index (χ0v) is 15.7. The lowest BCUT2D eigenvalue weighted by atomic mass is 10.2. The topological polar surface area (TPSA) is 64.8 Å². The first-order valence-electron chi connectivity index (χ1n) is 7.82. The largest absolute Gasteiger partial charge is 0.270 e. The Labute approximate surface area is 152 Å². The predicted molar refractivity (Wildman–Crippen MR) is 102 cm³/mol. The van der Waals surface area contributed by atoms with Crippen molar-refractivity contribution < 1.29 is 8.42 Å². The van der Waals surface area contributed by atoms with Crippen molar-refractivity contribution in [3.05, 3.63) is 60.2 Å². The predicted octanol–water partition coefficient (Wildman–Crippen LogP) is 3.38. The zero-order valence-electron chi connectivity index (χ0n) is 14.1. The summed E-state index contributed by atoms with van der Waals surface area (Å²) in [5.41, 5.74) is 3.09. The minimum absolute atomic E-state index is 0.110. The summed E-state index contributed by atoms with van der Waals surface area (Å²) in [6, 6.07) is 18.0. The van der Waals surface area contributed by atoms with Crippen LogP contribution in [-0.4, -0.2) is 40.9 Å². The van der Waals surface area contributed by atoms with Gasteiger partial charge in [0.05, 0.1) is 5.75 Å². The molecular weight excluding hydrogens is 354 g/mol. The van der Waals surface area contributed by atoms with Crippen LogP contribution in [0.25, 0.3) is 17.1 Å². The summed E-state index contributed by atoms with van der Waals surface area (Å²) >= 11 is 1.40. The van der Waals surface area contributed by atoms with E-state index in [0.717, 1.165) is 17.1 Å². The molecule has 2 aromatic carbocycles. The maximum atomic E-state index is 11.4. The minimum atomic E-state index is -3.00. The molecule has 0 radical (unpaired) electrons. The van der Waals surface area contributed by atoms with Gasteiger partial charge in [-0.2, -0.15) is 0 Å². The molecule has 0 fully saturated rings. The monoisotopic (exact) mass is 373 g/mol. The van der Waals surface area contributed by atoms with Gasteiger partial charge in [0, 0.05) is 23.3 Å². The number of rotatable bonds is 6. The van der Waals surface area contributed by atoms with E-state index in [2.05, 4.69) is 10.2 Å². The Bertz CT molecular complexity index is 950. The molecule has 130 valence electrons. The summed E-state index contributed by atoms with van der Waals surface area (Å²) in [5, 5.41) is 9.32. The summed E-state index contributed by atoms with van der Waals surface area (Å²) in [5.74, 6) is 1.29. The van der Waals surface area contributed by atoms with Gasteiger partial charge in [0.25, 0.3) is 0 Å². The lowest BCUT2D eigenvalue weighted by Gasteiger charge is -2.10. The van der Waals surface area contributed by atoms with Gasteiger partial charge in [0.1, 0.15) is 9.84 Å². The van der Waals surface area contributed by atoms with Crippen molar-refractivity contribution in [3.8, 4) is 17.1 Å². The normalized spacial score (nSPS) is 11.6. The second kappa shape index (κ2) is 7.41. The Morgan fingerprint density at radius 2 is 1.68 bits per heavy atom. The van der Waals surface area contributed by atoms with E-state index in [9.17, 15) is 8.42 Å². The summed E-state index contributed by atoms with van der Waals surface area (Å²) in [4.78, 5) is 0. The number of benzene rings is 2. The van der Waals surface area contributed by atoms with Crippen molar-refractivity contribution in [2.45, 2.75) is 12.1 Å². The third-order valence-electron chi connectivity index (χ3n) is 3.64. The molecule has 0 N–H and O–H groups in total. The molecule has 0 saturated heterocycles. The fourth-order valence-corrected chi connectivity index (χ4v) is 4.49. The van der Waals surface area contributed by atoms with Gasteiger partial charge >= 0.3 is 0 Å². The summed E-state index contributed by atoms with van der Waals surface area (Å²) < 4.78 is 24.7. The van der Waals surface area contributed by atoms with E-state index in [1.165, 1.54) is 23.6 Å². The maximum Gasteiger partial charge on any atom is 0.196 e. The van der Waals surface area contributed by atoms with E-state index in [1.54, 1.807) is 0 Å². The molecule has 1 heterocycles. The molecule has 0 amide bonds. The smallest absolute Gasteiger partial charge is 0.196 e. The Morgan fingerprint density at radius 1 is 1.00 bits per heavy atom. The van der Waals surface area contributed by atoms with Gasteiger partial charge in [-0.3, -0.25) is 4.57 Å². The molecule has 0 spiro atoms. The number of sulfone groups is 1. The van der Waals surface area contributed by atoms with Gasteiger partial charge in [0.2, 0.25) is 0 Å². The van der Waals surface area contributed by atoms with Gasteiger partial charge in [-0.15, -0.1) is 10.2 Å². The highest BCUT2D eigenvalue weighted by molar-refractivity contribution is 8.00. The van der Waals surface area contributed by atoms with Gasteiger partial charge in [-0.1, -0.05) is 59.8 Å². The first-order valence-corrected chi connectivity index (χ1v) is 10.9. The summed E-state index contributed by atoms with van der Waals surface area (Å²) in [7, 11) is -3.00. The van der Waals surface area contributed by atoms with Crippen molar-refractivity contribution in [1.82, 2.24) is 14.8 Å². The number of aromatic nitrogens is 3. The van der Waals surface area contributed by atoms with E-state index in [-0.39, 0.29) is 5.75 Å². The number of thioether (sulfide) groups is 1. The molecule has 0 aliphatic rings. The Balaban J connectivity index is 2.01. The van der Waals surface area contributed by atoms with E-state index in [4.69, 9.17) is 0 Å². The highest BCUT2D eigenvalue weighted by Gasteiger charge is 2.16. The van der Waals surface area contributed by atoms with E-state index < -0.39 is 9.84 Å². The second-order valence-electron chi connectivity index (χ2n) is 5.82. The average molecular weight is 374 g/mol.